The molecule has 4 bridgehead atoms. The molecule has 12 heteroatoms. The van der Waals surface area contributed by atoms with Crippen LogP contribution in [0.25, 0.3) is 0 Å². The lowest BCUT2D eigenvalue weighted by Gasteiger charge is -2.60. The highest BCUT2D eigenvalue weighted by atomic mass is 32.2. The average molecular weight is 436 g/mol. The van der Waals surface area contributed by atoms with Gasteiger partial charge in [0, 0.05) is 17.8 Å². The molecule has 4 fully saturated rings. The van der Waals surface area contributed by atoms with Gasteiger partial charge in [-0.15, -0.1) is 0 Å². The molecule has 4 saturated carbocycles. The van der Waals surface area contributed by atoms with Crippen molar-refractivity contribution in [2.45, 2.75) is 49.4 Å². The summed E-state index contributed by atoms with van der Waals surface area (Å²) in [7, 11) is -5.91. The second-order valence-electron chi connectivity index (χ2n) is 8.73. The summed E-state index contributed by atoms with van der Waals surface area (Å²) in [6.45, 7) is -0.107. The molecule has 9 nitrogen and oxygen atoms in total. The third-order valence-electron chi connectivity index (χ3n) is 6.37. The van der Waals surface area contributed by atoms with E-state index in [4.69, 9.17) is 9.29 Å². The second-order valence-corrected chi connectivity index (χ2v) is 10.2. The number of carbonyl (C=O) groups is 2. The molecule has 4 aliphatic carbocycles. The number of alkyl halides is 2. The van der Waals surface area contributed by atoms with E-state index >= 15 is 0 Å². The Labute approximate surface area is 166 Å². The molecule has 29 heavy (non-hydrogen) atoms. The van der Waals surface area contributed by atoms with E-state index < -0.39 is 45.1 Å². The van der Waals surface area contributed by atoms with Crippen LogP contribution in [0, 0.1) is 17.3 Å². The Balaban J connectivity index is 1.47. The maximum atomic E-state index is 13.5. The van der Waals surface area contributed by atoms with Gasteiger partial charge in [0.05, 0.1) is 13.3 Å². The molecule has 2 unspecified atom stereocenters. The fourth-order valence-corrected chi connectivity index (χ4v) is 6.05. The molecule has 162 valence electrons. The number of esters is 1. The van der Waals surface area contributed by atoms with Gasteiger partial charge in [-0.25, -0.2) is 9.59 Å². The number of carbonyl (C=O) groups excluding carboxylic acids is 2. The molecular weight excluding hydrogens is 414 g/mol. The zero-order valence-corrected chi connectivity index (χ0v) is 16.3. The van der Waals surface area contributed by atoms with Crippen molar-refractivity contribution in [3.63, 3.8) is 0 Å². The number of amides is 1. The number of nitrogens with one attached hydrogen (secondary N) is 1. The fraction of sp³-hybridized carbons (Fsp3) is 0.765. The summed E-state index contributed by atoms with van der Waals surface area (Å²) < 4.78 is 67.6. The van der Waals surface area contributed by atoms with Gasteiger partial charge >= 0.3 is 27.4 Å². The van der Waals surface area contributed by atoms with Gasteiger partial charge in [0.25, 0.3) is 0 Å². The number of nitrogens with zero attached hydrogens (tertiary/aromatic N) is 1. The van der Waals surface area contributed by atoms with Crippen molar-refractivity contribution in [3.8, 4) is 0 Å². The number of hydrogen-bond acceptors (Lipinski definition) is 7. The third kappa shape index (κ3) is 3.56. The Bertz CT molecular complexity index is 846. The van der Waals surface area contributed by atoms with Gasteiger partial charge in [-0.05, 0) is 50.4 Å². The van der Waals surface area contributed by atoms with E-state index in [2.05, 4.69) is 10.1 Å². The first-order chi connectivity index (χ1) is 13.4. The summed E-state index contributed by atoms with van der Waals surface area (Å²) >= 11 is 0. The van der Waals surface area contributed by atoms with Crippen molar-refractivity contribution in [2.24, 2.45) is 17.3 Å². The smallest absolute Gasteiger partial charge is 0.460 e. The minimum absolute atomic E-state index is 0.206. The van der Waals surface area contributed by atoms with Gasteiger partial charge in [0.15, 0.2) is 0 Å². The van der Waals surface area contributed by atoms with E-state index in [1.54, 1.807) is 12.4 Å². The van der Waals surface area contributed by atoms with Gasteiger partial charge in [-0.3, -0.25) is 9.45 Å². The summed E-state index contributed by atoms with van der Waals surface area (Å²) in [5, 5.41) is -2.14. The molecule has 2 N–H and O–H groups in total. The molecule has 5 aliphatic rings. The van der Waals surface area contributed by atoms with Crippen molar-refractivity contribution in [1.29, 1.82) is 0 Å². The van der Waals surface area contributed by atoms with E-state index in [0.29, 0.717) is 38.8 Å². The molecule has 0 saturated heterocycles. The standard InChI is InChI=1S/C17H22F2N2O7S/c18-17(19,29(24,25)26)13(22)27-9-15-4-11-3-12(5-15)7-16(6-11,8-15)28-14(23)21-2-1-20-10-21/h1-2,11-12,20H,3-10H2,(H,24,25,26). The minimum Gasteiger partial charge on any atom is -0.460 e. The molecule has 0 aromatic carbocycles. The van der Waals surface area contributed by atoms with Gasteiger partial charge < -0.3 is 14.8 Å². The lowest BCUT2D eigenvalue weighted by molar-refractivity contribution is -0.194. The molecule has 2 atom stereocenters. The van der Waals surface area contributed by atoms with Crippen LogP contribution in [-0.4, -0.2) is 54.1 Å². The van der Waals surface area contributed by atoms with Crippen LogP contribution in [0.15, 0.2) is 12.4 Å². The lowest BCUT2D eigenvalue weighted by atomic mass is 9.48. The largest absolute Gasteiger partial charge is 0.465 e. The molecule has 1 aliphatic heterocycles. The summed E-state index contributed by atoms with van der Waals surface area (Å²) in [6, 6.07) is 0. The lowest BCUT2D eigenvalue weighted by Crippen LogP contribution is -2.59. The van der Waals surface area contributed by atoms with E-state index in [1.165, 1.54) is 4.90 Å². The highest BCUT2D eigenvalue weighted by Gasteiger charge is 2.61. The van der Waals surface area contributed by atoms with Gasteiger partial charge in [0.2, 0.25) is 0 Å². The first-order valence-electron chi connectivity index (χ1n) is 9.36. The summed E-state index contributed by atoms with van der Waals surface area (Å²) in [6.07, 6.45) is 6.55. The predicted molar refractivity (Wildman–Crippen MR) is 92.8 cm³/mol. The summed E-state index contributed by atoms with van der Waals surface area (Å²) in [4.78, 5) is 25.5. The van der Waals surface area contributed by atoms with Crippen LogP contribution in [0.4, 0.5) is 13.6 Å². The van der Waals surface area contributed by atoms with Crippen LogP contribution >= 0.6 is 0 Å². The first kappa shape index (κ1) is 20.3. The fourth-order valence-electron chi connectivity index (χ4n) is 5.78. The molecule has 0 spiro atoms. The zero-order chi connectivity index (χ0) is 21.1. The Kier molecular flexibility index (Phi) is 4.57. The number of hydrogen-bond donors (Lipinski definition) is 2. The number of ether oxygens (including phenoxy) is 2. The van der Waals surface area contributed by atoms with Crippen molar-refractivity contribution >= 4 is 22.2 Å². The second kappa shape index (κ2) is 6.53. The van der Waals surface area contributed by atoms with Crippen molar-refractivity contribution < 1.29 is 40.8 Å². The molecular formula is C17H22F2N2O7S. The van der Waals surface area contributed by atoms with Crippen LogP contribution < -0.4 is 5.32 Å². The van der Waals surface area contributed by atoms with Crippen molar-refractivity contribution in [3.05, 3.63) is 12.4 Å². The van der Waals surface area contributed by atoms with Crippen LogP contribution in [0.5, 0.6) is 0 Å². The zero-order valence-electron chi connectivity index (χ0n) is 15.5. The molecule has 1 heterocycles. The average Bonchev–Trinajstić information content (AvgIpc) is 3.12. The maximum Gasteiger partial charge on any atom is 0.465 e. The van der Waals surface area contributed by atoms with E-state index in [1.807, 2.05) is 0 Å². The molecule has 0 radical (unpaired) electrons. The summed E-state index contributed by atoms with van der Waals surface area (Å²) in [5.74, 6) is -1.88. The molecule has 0 aromatic rings. The molecule has 0 aromatic heterocycles. The highest BCUT2D eigenvalue weighted by Crippen LogP contribution is 2.63. The van der Waals surface area contributed by atoms with Gasteiger partial charge in [0.1, 0.15) is 5.60 Å². The van der Waals surface area contributed by atoms with E-state index in [0.717, 1.165) is 6.42 Å². The van der Waals surface area contributed by atoms with Crippen LogP contribution in [0.3, 0.4) is 0 Å². The predicted octanol–water partition coefficient (Wildman–Crippen LogP) is 1.82. The minimum atomic E-state index is -5.91. The highest BCUT2D eigenvalue weighted by molar-refractivity contribution is 7.87. The third-order valence-corrected chi connectivity index (χ3v) is 7.19. The van der Waals surface area contributed by atoms with E-state index in [9.17, 15) is 26.8 Å². The number of halogens is 2. The molecule has 5 rings (SSSR count). The first-order valence-corrected chi connectivity index (χ1v) is 10.8. The monoisotopic (exact) mass is 436 g/mol. The Morgan fingerprint density at radius 2 is 1.90 bits per heavy atom. The van der Waals surface area contributed by atoms with Gasteiger partial charge in [-0.2, -0.15) is 17.2 Å². The Morgan fingerprint density at radius 3 is 2.45 bits per heavy atom. The Morgan fingerprint density at radius 1 is 1.24 bits per heavy atom. The normalized spacial score (nSPS) is 35.5. The van der Waals surface area contributed by atoms with Crippen molar-refractivity contribution in [2.75, 3.05) is 13.3 Å². The van der Waals surface area contributed by atoms with E-state index in [-0.39, 0.29) is 11.8 Å². The van der Waals surface area contributed by atoms with Crippen LogP contribution in [0.2, 0.25) is 0 Å². The SMILES string of the molecule is O=C(OC12CC3CC(CC(COC(=O)C(F)(F)S(=O)(=O)O)(C3)C1)C2)N1C=CNC1. The Hall–Kier alpha value is -1.95. The quantitative estimate of drug-likeness (QED) is 0.494. The van der Waals surface area contributed by atoms with Gasteiger partial charge in [-0.1, -0.05) is 0 Å². The summed E-state index contributed by atoms with van der Waals surface area (Å²) in [5.41, 5.74) is -1.41. The number of rotatable bonds is 5. The van der Waals surface area contributed by atoms with Crippen LogP contribution in [0.1, 0.15) is 38.5 Å². The maximum absolute atomic E-state index is 13.5. The van der Waals surface area contributed by atoms with Crippen LogP contribution in [-0.2, 0) is 24.4 Å². The topological polar surface area (TPSA) is 122 Å². The van der Waals surface area contributed by atoms with Crippen molar-refractivity contribution in [1.82, 2.24) is 10.2 Å². The molecule has 1 amide bonds.